The summed E-state index contributed by atoms with van der Waals surface area (Å²) in [5, 5.41) is 3.89. The second kappa shape index (κ2) is 10.9. The standard InChI is InChI=1S/C29H34F3N5O3/c1-16-20(9-8-10-23(16)29(30,31)32)17(2)33-24-22-15-21(26(39-7)36-25(22)35-18(3)34-24)19-11-13-37(14-12-19)27(38)40-28(4,5)6/h8-11,15,17H,12-14H2,1-7H3,(H,33,34,35,36)/t17-/m1/s1. The molecule has 40 heavy (non-hydrogen) atoms. The number of alkyl halides is 3. The van der Waals surface area contributed by atoms with Gasteiger partial charge in [-0.1, -0.05) is 18.2 Å². The van der Waals surface area contributed by atoms with E-state index in [4.69, 9.17) is 9.47 Å². The first kappa shape index (κ1) is 29.1. The first-order valence-corrected chi connectivity index (χ1v) is 13.0. The van der Waals surface area contributed by atoms with Crippen molar-refractivity contribution in [2.75, 3.05) is 25.5 Å². The lowest BCUT2D eigenvalue weighted by atomic mass is 9.97. The van der Waals surface area contributed by atoms with E-state index in [2.05, 4.69) is 20.3 Å². The molecule has 0 bridgehead atoms. The molecule has 0 saturated heterocycles. The van der Waals surface area contributed by atoms with Crippen LogP contribution in [0, 0.1) is 13.8 Å². The highest BCUT2D eigenvalue weighted by atomic mass is 19.4. The summed E-state index contributed by atoms with van der Waals surface area (Å²) in [5.74, 6) is 1.29. The van der Waals surface area contributed by atoms with Crippen molar-refractivity contribution in [3.05, 3.63) is 58.4 Å². The maximum absolute atomic E-state index is 13.5. The molecule has 0 saturated carbocycles. The number of carbonyl (C=O) groups excluding carboxylic acids is 1. The Morgan fingerprint density at radius 3 is 2.45 bits per heavy atom. The van der Waals surface area contributed by atoms with Gasteiger partial charge in [0.2, 0.25) is 5.88 Å². The van der Waals surface area contributed by atoms with E-state index in [1.54, 1.807) is 24.8 Å². The van der Waals surface area contributed by atoms with Crippen molar-refractivity contribution in [3.63, 3.8) is 0 Å². The molecule has 0 fully saturated rings. The summed E-state index contributed by atoms with van der Waals surface area (Å²) in [5.41, 5.74) is 1.50. The second-order valence-corrected chi connectivity index (χ2v) is 10.8. The van der Waals surface area contributed by atoms with Gasteiger partial charge in [-0.25, -0.2) is 14.8 Å². The van der Waals surface area contributed by atoms with Gasteiger partial charge in [0.25, 0.3) is 0 Å². The van der Waals surface area contributed by atoms with E-state index in [1.807, 2.05) is 32.9 Å². The Kier molecular flexibility index (Phi) is 7.96. The molecule has 1 atom stereocenters. The lowest BCUT2D eigenvalue weighted by molar-refractivity contribution is -0.138. The van der Waals surface area contributed by atoms with E-state index in [0.717, 1.165) is 17.2 Å². The molecule has 11 heteroatoms. The number of hydrogen-bond acceptors (Lipinski definition) is 7. The topological polar surface area (TPSA) is 89.5 Å². The van der Waals surface area contributed by atoms with Crippen molar-refractivity contribution < 1.29 is 27.4 Å². The minimum absolute atomic E-state index is 0.160. The zero-order chi connectivity index (χ0) is 29.4. The van der Waals surface area contributed by atoms with Gasteiger partial charge >= 0.3 is 12.3 Å². The molecule has 1 amide bonds. The van der Waals surface area contributed by atoms with Crippen molar-refractivity contribution in [1.82, 2.24) is 19.9 Å². The Bertz CT molecular complexity index is 1460. The number of aromatic nitrogens is 3. The van der Waals surface area contributed by atoms with E-state index < -0.39 is 23.4 Å². The number of pyridine rings is 1. The number of aryl methyl sites for hydroxylation is 1. The van der Waals surface area contributed by atoms with Crippen LogP contribution in [0.5, 0.6) is 5.88 Å². The smallest absolute Gasteiger partial charge is 0.416 e. The lowest BCUT2D eigenvalue weighted by Gasteiger charge is -2.29. The van der Waals surface area contributed by atoms with E-state index in [9.17, 15) is 18.0 Å². The summed E-state index contributed by atoms with van der Waals surface area (Å²) >= 11 is 0. The molecule has 1 aliphatic rings. The molecule has 3 heterocycles. The number of amides is 1. The molecule has 0 aliphatic carbocycles. The summed E-state index contributed by atoms with van der Waals surface area (Å²) in [6.45, 7) is 11.3. The van der Waals surface area contributed by atoms with Crippen LogP contribution in [-0.4, -0.2) is 51.7 Å². The highest BCUT2D eigenvalue weighted by molar-refractivity contribution is 5.91. The molecule has 2 aromatic heterocycles. The van der Waals surface area contributed by atoms with E-state index in [0.29, 0.717) is 53.6 Å². The average molecular weight is 558 g/mol. The van der Waals surface area contributed by atoms with Crippen LogP contribution in [-0.2, 0) is 10.9 Å². The van der Waals surface area contributed by atoms with Gasteiger partial charge in [-0.2, -0.15) is 18.2 Å². The van der Waals surface area contributed by atoms with Gasteiger partial charge in [-0.15, -0.1) is 0 Å². The summed E-state index contributed by atoms with van der Waals surface area (Å²) < 4.78 is 51.6. The molecular formula is C29H34F3N5O3. The van der Waals surface area contributed by atoms with E-state index >= 15 is 0 Å². The third-order valence-corrected chi connectivity index (χ3v) is 6.66. The number of halogens is 3. The van der Waals surface area contributed by atoms with Crippen LogP contribution in [0.4, 0.5) is 23.8 Å². The van der Waals surface area contributed by atoms with Crippen LogP contribution in [0.25, 0.3) is 16.6 Å². The van der Waals surface area contributed by atoms with Crippen LogP contribution in [0.2, 0.25) is 0 Å². The number of rotatable bonds is 5. The molecule has 1 N–H and O–H groups in total. The highest BCUT2D eigenvalue weighted by Gasteiger charge is 2.33. The summed E-state index contributed by atoms with van der Waals surface area (Å²) in [6, 6.07) is 5.56. The third kappa shape index (κ3) is 6.29. The molecule has 1 aromatic carbocycles. The minimum Gasteiger partial charge on any atom is -0.481 e. The predicted octanol–water partition coefficient (Wildman–Crippen LogP) is 6.87. The number of benzene rings is 1. The molecule has 0 radical (unpaired) electrons. The number of fused-ring (bicyclic) bond motifs is 1. The third-order valence-electron chi connectivity index (χ3n) is 6.66. The van der Waals surface area contributed by atoms with Crippen molar-refractivity contribution in [1.29, 1.82) is 0 Å². The molecule has 4 rings (SSSR count). The quantitative estimate of drug-likeness (QED) is 0.366. The minimum atomic E-state index is -4.44. The Hall–Kier alpha value is -3.89. The predicted molar refractivity (Wildman–Crippen MR) is 147 cm³/mol. The monoisotopic (exact) mass is 557 g/mol. The number of ether oxygens (including phenoxy) is 2. The first-order valence-electron chi connectivity index (χ1n) is 13.0. The number of nitrogens with zero attached hydrogens (tertiary/aromatic N) is 4. The van der Waals surface area contributed by atoms with Gasteiger partial charge < -0.3 is 19.7 Å². The van der Waals surface area contributed by atoms with E-state index in [1.165, 1.54) is 20.1 Å². The van der Waals surface area contributed by atoms with Crippen LogP contribution < -0.4 is 10.1 Å². The van der Waals surface area contributed by atoms with Gasteiger partial charge in [-0.05, 0) is 76.8 Å². The Labute approximate surface area is 231 Å². The summed E-state index contributed by atoms with van der Waals surface area (Å²) in [6.07, 6.45) is -2.32. The fourth-order valence-electron chi connectivity index (χ4n) is 4.76. The van der Waals surface area contributed by atoms with Crippen molar-refractivity contribution >= 4 is 28.5 Å². The van der Waals surface area contributed by atoms with Crippen molar-refractivity contribution in [2.45, 2.75) is 65.8 Å². The first-order chi connectivity index (χ1) is 18.7. The van der Waals surface area contributed by atoms with Crippen molar-refractivity contribution in [2.24, 2.45) is 0 Å². The number of hydrogen-bond donors (Lipinski definition) is 1. The second-order valence-electron chi connectivity index (χ2n) is 10.8. The molecule has 0 unspecified atom stereocenters. The normalized spacial score (nSPS) is 15.1. The zero-order valence-electron chi connectivity index (χ0n) is 23.7. The molecule has 3 aromatic rings. The Balaban J connectivity index is 1.69. The maximum Gasteiger partial charge on any atom is 0.416 e. The zero-order valence-corrected chi connectivity index (χ0v) is 23.7. The molecular weight excluding hydrogens is 523 g/mol. The van der Waals surface area contributed by atoms with Gasteiger partial charge in [-0.3, -0.25) is 0 Å². The number of anilines is 1. The van der Waals surface area contributed by atoms with Gasteiger partial charge in [0.05, 0.1) is 24.1 Å². The highest BCUT2D eigenvalue weighted by Crippen LogP contribution is 2.37. The maximum atomic E-state index is 13.5. The van der Waals surface area contributed by atoms with Crippen LogP contribution in [0.1, 0.15) is 68.2 Å². The summed E-state index contributed by atoms with van der Waals surface area (Å²) in [4.78, 5) is 27.8. The van der Waals surface area contributed by atoms with Crippen molar-refractivity contribution in [3.8, 4) is 5.88 Å². The van der Waals surface area contributed by atoms with Crippen LogP contribution >= 0.6 is 0 Å². The van der Waals surface area contributed by atoms with Gasteiger partial charge in [0.1, 0.15) is 17.2 Å². The summed E-state index contributed by atoms with van der Waals surface area (Å²) in [7, 11) is 1.53. The van der Waals surface area contributed by atoms with Crippen LogP contribution in [0.15, 0.2) is 30.3 Å². The van der Waals surface area contributed by atoms with Gasteiger partial charge in [0, 0.05) is 18.7 Å². The SMILES string of the molecule is COc1nc2nc(C)nc(N[C@H](C)c3cccc(C(F)(F)F)c3C)c2cc1C1=CCN(C(=O)OC(C)(C)C)CC1. The fraction of sp³-hybridized carbons (Fsp3) is 0.448. The Morgan fingerprint density at radius 1 is 1.12 bits per heavy atom. The fourth-order valence-corrected chi connectivity index (χ4v) is 4.76. The number of nitrogens with one attached hydrogen (secondary N) is 1. The van der Waals surface area contributed by atoms with Crippen LogP contribution in [0.3, 0.4) is 0 Å². The van der Waals surface area contributed by atoms with Gasteiger partial charge in [0.15, 0.2) is 5.65 Å². The van der Waals surface area contributed by atoms with E-state index in [-0.39, 0.29) is 11.7 Å². The molecule has 0 spiro atoms. The largest absolute Gasteiger partial charge is 0.481 e. The Morgan fingerprint density at radius 2 is 1.85 bits per heavy atom. The average Bonchev–Trinajstić information content (AvgIpc) is 2.86. The number of carbonyl (C=O) groups is 1. The molecule has 1 aliphatic heterocycles. The number of methoxy groups -OCH3 is 1. The lowest BCUT2D eigenvalue weighted by Crippen LogP contribution is -2.39. The molecule has 214 valence electrons. The molecule has 8 nitrogen and oxygen atoms in total.